The fourth-order valence-corrected chi connectivity index (χ4v) is 1.36. The number of nitrogens with zero attached hydrogens (tertiary/aromatic N) is 2. The third-order valence-electron chi connectivity index (χ3n) is 2.19. The van der Waals surface area contributed by atoms with Crippen LogP contribution >= 0.6 is 0 Å². The topological polar surface area (TPSA) is 38.1 Å². The first kappa shape index (κ1) is 10.3. The number of aryl methyl sites for hydroxylation is 2. The Morgan fingerprint density at radius 1 is 1.54 bits per heavy atom. The van der Waals surface area contributed by atoms with Crippen molar-refractivity contribution in [3.05, 3.63) is 18.2 Å². The van der Waals surface area contributed by atoms with Gasteiger partial charge in [0.25, 0.3) is 0 Å². The van der Waals surface area contributed by atoms with E-state index < -0.39 is 0 Å². The first-order valence-electron chi connectivity index (χ1n) is 4.84. The number of rotatable bonds is 5. The molecule has 0 radical (unpaired) electrons. The predicted molar refractivity (Wildman–Crippen MR) is 52.4 cm³/mol. The van der Waals surface area contributed by atoms with E-state index >= 15 is 0 Å². The molecule has 0 amide bonds. The van der Waals surface area contributed by atoms with Crippen molar-refractivity contribution >= 4 is 0 Å². The highest BCUT2D eigenvalue weighted by Crippen LogP contribution is 2.05. The largest absolute Gasteiger partial charge is 0.393 e. The van der Waals surface area contributed by atoms with Crippen molar-refractivity contribution in [3.8, 4) is 0 Å². The van der Waals surface area contributed by atoms with Gasteiger partial charge in [-0.1, -0.05) is 6.42 Å². The normalized spacial score (nSPS) is 13.2. The van der Waals surface area contributed by atoms with Gasteiger partial charge >= 0.3 is 0 Å². The van der Waals surface area contributed by atoms with E-state index in [1.54, 1.807) is 0 Å². The zero-order valence-corrected chi connectivity index (χ0v) is 8.40. The van der Waals surface area contributed by atoms with Gasteiger partial charge in [-0.2, -0.15) is 0 Å². The second-order valence-electron chi connectivity index (χ2n) is 3.55. The molecule has 0 saturated carbocycles. The van der Waals surface area contributed by atoms with Gasteiger partial charge in [0.15, 0.2) is 0 Å². The molecule has 1 rings (SSSR count). The van der Waals surface area contributed by atoms with Gasteiger partial charge in [-0.05, 0) is 19.8 Å². The molecule has 1 heterocycles. The standard InChI is InChI=1S/C10H18N2O/c1-9(13)5-3-4-6-10-11-7-8-12(10)2/h7-9,13H,3-6H2,1-2H3. The quantitative estimate of drug-likeness (QED) is 0.701. The molecule has 0 spiro atoms. The summed E-state index contributed by atoms with van der Waals surface area (Å²) in [5.74, 6) is 1.13. The second-order valence-corrected chi connectivity index (χ2v) is 3.55. The number of hydrogen-bond donors (Lipinski definition) is 1. The molecule has 0 aromatic carbocycles. The second kappa shape index (κ2) is 5.02. The molecular weight excluding hydrogens is 164 g/mol. The average molecular weight is 182 g/mol. The van der Waals surface area contributed by atoms with Crippen molar-refractivity contribution in [1.82, 2.24) is 9.55 Å². The predicted octanol–water partition coefficient (Wildman–Crippen LogP) is 1.51. The molecule has 1 N–H and O–H groups in total. The molecule has 1 unspecified atom stereocenters. The maximum atomic E-state index is 9.04. The molecule has 0 saturated heterocycles. The van der Waals surface area contributed by atoms with E-state index in [9.17, 15) is 0 Å². The molecule has 0 bridgehead atoms. The van der Waals surface area contributed by atoms with Crippen LogP contribution in [0.5, 0.6) is 0 Å². The van der Waals surface area contributed by atoms with Crippen LogP contribution in [0.4, 0.5) is 0 Å². The van der Waals surface area contributed by atoms with E-state index in [0.29, 0.717) is 0 Å². The Morgan fingerprint density at radius 2 is 2.31 bits per heavy atom. The van der Waals surface area contributed by atoms with E-state index in [1.165, 1.54) is 0 Å². The molecule has 3 heteroatoms. The summed E-state index contributed by atoms with van der Waals surface area (Å²) in [5, 5.41) is 9.04. The summed E-state index contributed by atoms with van der Waals surface area (Å²) >= 11 is 0. The van der Waals surface area contributed by atoms with Crippen molar-refractivity contribution in [2.24, 2.45) is 7.05 Å². The Balaban J connectivity index is 2.17. The van der Waals surface area contributed by atoms with Crippen LogP contribution in [0.1, 0.15) is 32.0 Å². The van der Waals surface area contributed by atoms with Crippen molar-refractivity contribution in [1.29, 1.82) is 0 Å². The lowest BCUT2D eigenvalue weighted by Crippen LogP contribution is -2.01. The zero-order chi connectivity index (χ0) is 9.68. The van der Waals surface area contributed by atoms with Gasteiger partial charge in [-0.3, -0.25) is 0 Å². The number of aromatic nitrogens is 2. The Morgan fingerprint density at radius 3 is 2.85 bits per heavy atom. The van der Waals surface area contributed by atoms with Crippen LogP contribution in [0.2, 0.25) is 0 Å². The van der Waals surface area contributed by atoms with Crippen molar-refractivity contribution in [2.75, 3.05) is 0 Å². The summed E-state index contributed by atoms with van der Waals surface area (Å²) in [6.45, 7) is 1.83. The molecule has 0 aliphatic rings. The minimum atomic E-state index is -0.165. The van der Waals surface area contributed by atoms with E-state index in [2.05, 4.69) is 4.98 Å². The van der Waals surface area contributed by atoms with Crippen LogP contribution in [0.25, 0.3) is 0 Å². The fraction of sp³-hybridized carbons (Fsp3) is 0.700. The fourth-order valence-electron chi connectivity index (χ4n) is 1.36. The van der Waals surface area contributed by atoms with Crippen LogP contribution in [0, 0.1) is 0 Å². The third-order valence-corrected chi connectivity index (χ3v) is 2.19. The number of hydrogen-bond acceptors (Lipinski definition) is 2. The van der Waals surface area contributed by atoms with Gasteiger partial charge in [-0.15, -0.1) is 0 Å². The zero-order valence-electron chi connectivity index (χ0n) is 8.40. The van der Waals surface area contributed by atoms with Crippen LogP contribution in [-0.4, -0.2) is 20.8 Å². The Labute approximate surface area is 79.4 Å². The van der Waals surface area contributed by atoms with E-state index in [1.807, 2.05) is 30.9 Å². The minimum absolute atomic E-state index is 0.165. The van der Waals surface area contributed by atoms with Gasteiger partial charge in [0.05, 0.1) is 6.10 Å². The number of unbranched alkanes of at least 4 members (excludes halogenated alkanes) is 1. The average Bonchev–Trinajstić information content (AvgIpc) is 2.45. The Hall–Kier alpha value is -0.830. The molecule has 13 heavy (non-hydrogen) atoms. The lowest BCUT2D eigenvalue weighted by atomic mass is 10.1. The molecule has 1 aromatic rings. The van der Waals surface area contributed by atoms with Gasteiger partial charge in [-0.25, -0.2) is 4.98 Å². The Bertz CT molecular complexity index is 243. The summed E-state index contributed by atoms with van der Waals surface area (Å²) in [7, 11) is 2.01. The van der Waals surface area contributed by atoms with Crippen LogP contribution in [-0.2, 0) is 13.5 Å². The maximum Gasteiger partial charge on any atom is 0.108 e. The molecule has 0 aliphatic carbocycles. The van der Waals surface area contributed by atoms with E-state index in [4.69, 9.17) is 5.11 Å². The highest BCUT2D eigenvalue weighted by atomic mass is 16.3. The minimum Gasteiger partial charge on any atom is -0.393 e. The smallest absolute Gasteiger partial charge is 0.108 e. The van der Waals surface area contributed by atoms with Crippen LogP contribution in [0.3, 0.4) is 0 Å². The summed E-state index contributed by atoms with van der Waals surface area (Å²) in [5.41, 5.74) is 0. The lowest BCUT2D eigenvalue weighted by molar-refractivity contribution is 0.180. The molecule has 1 atom stereocenters. The number of aliphatic hydroxyl groups is 1. The maximum absolute atomic E-state index is 9.04. The number of aliphatic hydroxyl groups excluding tert-OH is 1. The van der Waals surface area contributed by atoms with Gasteiger partial charge in [0.2, 0.25) is 0 Å². The summed E-state index contributed by atoms with van der Waals surface area (Å²) < 4.78 is 2.04. The van der Waals surface area contributed by atoms with E-state index in [-0.39, 0.29) is 6.10 Å². The monoisotopic (exact) mass is 182 g/mol. The van der Waals surface area contributed by atoms with Crippen LogP contribution in [0.15, 0.2) is 12.4 Å². The lowest BCUT2D eigenvalue weighted by Gasteiger charge is -2.03. The first-order chi connectivity index (χ1) is 6.20. The van der Waals surface area contributed by atoms with Gasteiger partial charge in [0, 0.05) is 25.9 Å². The van der Waals surface area contributed by atoms with Crippen molar-refractivity contribution in [3.63, 3.8) is 0 Å². The molecule has 3 nitrogen and oxygen atoms in total. The Kier molecular flexibility index (Phi) is 3.96. The van der Waals surface area contributed by atoms with Gasteiger partial charge in [0.1, 0.15) is 5.82 Å². The highest BCUT2D eigenvalue weighted by molar-refractivity contribution is 4.90. The molecule has 1 aromatic heterocycles. The molecule has 0 aliphatic heterocycles. The summed E-state index contributed by atoms with van der Waals surface area (Å²) in [4.78, 5) is 4.23. The summed E-state index contributed by atoms with van der Waals surface area (Å²) in [6, 6.07) is 0. The SMILES string of the molecule is CC(O)CCCCc1nccn1C. The van der Waals surface area contributed by atoms with E-state index in [0.717, 1.165) is 31.5 Å². The van der Waals surface area contributed by atoms with Crippen molar-refractivity contribution in [2.45, 2.75) is 38.7 Å². The molecule has 74 valence electrons. The van der Waals surface area contributed by atoms with Gasteiger partial charge < -0.3 is 9.67 Å². The highest BCUT2D eigenvalue weighted by Gasteiger charge is 1.99. The number of imidazole rings is 1. The van der Waals surface area contributed by atoms with Crippen LogP contribution < -0.4 is 0 Å². The first-order valence-corrected chi connectivity index (χ1v) is 4.84. The molecule has 0 fully saturated rings. The van der Waals surface area contributed by atoms with Crippen molar-refractivity contribution < 1.29 is 5.11 Å². The third kappa shape index (κ3) is 3.59. The molecular formula is C10H18N2O. The summed E-state index contributed by atoms with van der Waals surface area (Å²) in [6.07, 6.45) is 7.70.